The molecule has 9 nitrogen and oxygen atoms in total. The van der Waals surface area contributed by atoms with Gasteiger partial charge in [0.25, 0.3) is 11.6 Å². The zero-order valence-electron chi connectivity index (χ0n) is 14.3. The Hall–Kier alpha value is -2.81. The number of rotatable bonds is 4. The number of carbonyl (C=O) groups is 3. The minimum atomic E-state index is -0.840. The van der Waals surface area contributed by atoms with E-state index in [1.165, 1.54) is 18.2 Å². The lowest BCUT2D eigenvalue weighted by atomic mass is 9.95. The smallest absolute Gasteiger partial charge is 0.306 e. The number of hydrogen-bond acceptors (Lipinski definition) is 6. The maximum Gasteiger partial charge on any atom is 0.306 e. The Morgan fingerprint density at radius 1 is 1.27 bits per heavy atom. The minimum absolute atomic E-state index is 0.00129. The van der Waals surface area contributed by atoms with Crippen molar-refractivity contribution in [1.29, 1.82) is 0 Å². The first kappa shape index (κ1) is 18.0. The number of amides is 2. The molecule has 138 valence electrons. The van der Waals surface area contributed by atoms with Crippen molar-refractivity contribution in [2.75, 3.05) is 18.0 Å². The number of carbonyl (C=O) groups excluding carboxylic acids is 2. The van der Waals surface area contributed by atoms with Gasteiger partial charge in [0, 0.05) is 12.1 Å². The molecule has 1 aromatic rings. The van der Waals surface area contributed by atoms with E-state index in [4.69, 9.17) is 5.11 Å². The van der Waals surface area contributed by atoms with Gasteiger partial charge in [0.2, 0.25) is 5.91 Å². The molecule has 2 fully saturated rings. The average Bonchev–Trinajstić information content (AvgIpc) is 2.90. The second-order valence-electron chi connectivity index (χ2n) is 6.66. The van der Waals surface area contributed by atoms with Gasteiger partial charge in [-0.2, -0.15) is 0 Å². The van der Waals surface area contributed by atoms with Crippen molar-refractivity contribution in [3.63, 3.8) is 0 Å². The zero-order valence-corrected chi connectivity index (χ0v) is 14.3. The molecule has 2 saturated heterocycles. The Kier molecular flexibility index (Phi) is 4.73. The Bertz CT molecular complexity index is 785. The van der Waals surface area contributed by atoms with Gasteiger partial charge in [-0.25, -0.2) is 4.90 Å². The lowest BCUT2D eigenvalue weighted by molar-refractivity contribution is -0.384. The number of aliphatic carboxylic acids is 1. The summed E-state index contributed by atoms with van der Waals surface area (Å²) in [5.74, 6) is -2.07. The quantitative estimate of drug-likeness (QED) is 0.488. The molecule has 2 amide bonds. The van der Waals surface area contributed by atoms with E-state index in [1.807, 2.05) is 4.90 Å². The van der Waals surface area contributed by atoms with Gasteiger partial charge in [-0.3, -0.25) is 29.4 Å². The van der Waals surface area contributed by atoms with Crippen LogP contribution in [0.5, 0.6) is 0 Å². The maximum absolute atomic E-state index is 12.8. The number of carboxylic acid groups (broad SMARTS) is 1. The molecule has 2 aliphatic rings. The summed E-state index contributed by atoms with van der Waals surface area (Å²) >= 11 is 0. The van der Waals surface area contributed by atoms with E-state index in [-0.39, 0.29) is 17.8 Å². The second-order valence-corrected chi connectivity index (χ2v) is 6.66. The molecule has 2 heterocycles. The number of nitro groups is 1. The summed E-state index contributed by atoms with van der Waals surface area (Å²) in [5, 5.41) is 20.1. The SMILES string of the molecule is Cc1ccc([N+](=O)[O-])cc1N1C(=O)C[C@@H](N2CCC(C(=O)O)CC2)C1=O. The van der Waals surface area contributed by atoms with Gasteiger partial charge < -0.3 is 5.11 Å². The van der Waals surface area contributed by atoms with Crippen LogP contribution in [0.3, 0.4) is 0 Å². The number of anilines is 1. The molecule has 26 heavy (non-hydrogen) atoms. The Morgan fingerprint density at radius 3 is 2.50 bits per heavy atom. The number of non-ortho nitro benzene ring substituents is 1. The highest BCUT2D eigenvalue weighted by molar-refractivity contribution is 6.22. The van der Waals surface area contributed by atoms with Crippen LogP contribution in [0.4, 0.5) is 11.4 Å². The highest BCUT2D eigenvalue weighted by atomic mass is 16.6. The first-order chi connectivity index (χ1) is 12.3. The molecule has 2 aliphatic heterocycles. The fourth-order valence-corrected chi connectivity index (χ4v) is 3.56. The van der Waals surface area contributed by atoms with Crippen molar-refractivity contribution >= 4 is 29.2 Å². The number of nitro benzene ring substituents is 1. The standard InChI is InChI=1S/C17H19N3O6/c1-10-2-3-12(20(25)26)8-13(10)19-15(21)9-14(16(19)22)18-6-4-11(5-7-18)17(23)24/h2-3,8,11,14H,4-7,9H2,1H3,(H,23,24)/t14-/m1/s1. The van der Waals surface area contributed by atoms with Crippen molar-refractivity contribution in [2.24, 2.45) is 5.92 Å². The molecule has 1 aromatic carbocycles. The van der Waals surface area contributed by atoms with Crippen LogP contribution in [0.2, 0.25) is 0 Å². The summed E-state index contributed by atoms with van der Waals surface area (Å²) in [7, 11) is 0. The predicted octanol–water partition coefficient (Wildman–Crippen LogP) is 1.33. The lowest BCUT2D eigenvalue weighted by Gasteiger charge is -2.33. The van der Waals surface area contributed by atoms with E-state index in [1.54, 1.807) is 6.92 Å². The number of imide groups is 1. The average molecular weight is 361 g/mol. The summed E-state index contributed by atoms with van der Waals surface area (Å²) < 4.78 is 0. The number of nitrogens with zero attached hydrogens (tertiary/aromatic N) is 3. The number of hydrogen-bond donors (Lipinski definition) is 1. The molecule has 0 aliphatic carbocycles. The highest BCUT2D eigenvalue weighted by Gasteiger charge is 2.44. The first-order valence-electron chi connectivity index (χ1n) is 8.38. The largest absolute Gasteiger partial charge is 0.481 e. The third-order valence-corrected chi connectivity index (χ3v) is 5.09. The van der Waals surface area contributed by atoms with E-state index in [2.05, 4.69) is 0 Å². The Morgan fingerprint density at radius 2 is 1.92 bits per heavy atom. The van der Waals surface area contributed by atoms with Crippen LogP contribution in [0.15, 0.2) is 18.2 Å². The molecule has 0 aromatic heterocycles. The van der Waals surface area contributed by atoms with Gasteiger partial charge in [-0.1, -0.05) is 6.07 Å². The first-order valence-corrected chi connectivity index (χ1v) is 8.38. The number of carboxylic acids is 1. The molecule has 0 radical (unpaired) electrons. The van der Waals surface area contributed by atoms with E-state index in [0.29, 0.717) is 31.5 Å². The van der Waals surface area contributed by atoms with Gasteiger partial charge in [-0.15, -0.1) is 0 Å². The molecule has 0 spiro atoms. The molecule has 0 bridgehead atoms. The molecule has 9 heteroatoms. The summed E-state index contributed by atoms with van der Waals surface area (Å²) in [6.45, 7) is 2.55. The highest BCUT2D eigenvalue weighted by Crippen LogP contribution is 2.32. The second kappa shape index (κ2) is 6.83. The number of aryl methyl sites for hydroxylation is 1. The minimum Gasteiger partial charge on any atom is -0.481 e. The van der Waals surface area contributed by atoms with Crippen LogP contribution in [-0.2, 0) is 14.4 Å². The third-order valence-electron chi connectivity index (χ3n) is 5.09. The molecule has 0 saturated carbocycles. The third kappa shape index (κ3) is 3.17. The normalized spacial score (nSPS) is 22.0. The molecule has 3 rings (SSSR count). The number of piperidine rings is 1. The van der Waals surface area contributed by atoms with Crippen LogP contribution >= 0.6 is 0 Å². The van der Waals surface area contributed by atoms with E-state index >= 15 is 0 Å². The maximum atomic E-state index is 12.8. The van der Waals surface area contributed by atoms with Crippen LogP contribution in [0.25, 0.3) is 0 Å². The molecule has 0 unspecified atom stereocenters. The van der Waals surface area contributed by atoms with Gasteiger partial charge >= 0.3 is 5.97 Å². The topological polar surface area (TPSA) is 121 Å². The Balaban J connectivity index is 1.81. The lowest BCUT2D eigenvalue weighted by Crippen LogP contribution is -2.46. The van der Waals surface area contributed by atoms with Crippen LogP contribution in [0.1, 0.15) is 24.8 Å². The van der Waals surface area contributed by atoms with Gasteiger partial charge in [0.05, 0.1) is 29.0 Å². The molecule has 1 N–H and O–H groups in total. The van der Waals surface area contributed by atoms with Crippen molar-refractivity contribution in [1.82, 2.24) is 4.90 Å². The number of likely N-dealkylation sites (tertiary alicyclic amines) is 1. The van der Waals surface area contributed by atoms with Gasteiger partial charge in [-0.05, 0) is 38.4 Å². The van der Waals surface area contributed by atoms with Crippen molar-refractivity contribution in [3.8, 4) is 0 Å². The van der Waals surface area contributed by atoms with Gasteiger partial charge in [0.1, 0.15) is 0 Å². The van der Waals surface area contributed by atoms with Crippen molar-refractivity contribution in [2.45, 2.75) is 32.2 Å². The Labute approximate surface area is 149 Å². The number of benzene rings is 1. The summed E-state index contributed by atoms with van der Waals surface area (Å²) in [6.07, 6.45) is 0.866. The van der Waals surface area contributed by atoms with Crippen molar-refractivity contribution in [3.05, 3.63) is 33.9 Å². The van der Waals surface area contributed by atoms with E-state index < -0.39 is 34.7 Å². The molecule has 1 atom stereocenters. The van der Waals surface area contributed by atoms with Crippen LogP contribution in [-0.4, -0.2) is 51.8 Å². The zero-order chi connectivity index (χ0) is 19.0. The fourth-order valence-electron chi connectivity index (χ4n) is 3.56. The monoisotopic (exact) mass is 361 g/mol. The molecular weight excluding hydrogens is 342 g/mol. The summed E-state index contributed by atoms with van der Waals surface area (Å²) in [4.78, 5) is 49.7. The van der Waals surface area contributed by atoms with Crippen LogP contribution < -0.4 is 4.90 Å². The van der Waals surface area contributed by atoms with E-state index in [0.717, 1.165) is 4.90 Å². The fraction of sp³-hybridized carbons (Fsp3) is 0.471. The summed E-state index contributed by atoms with van der Waals surface area (Å²) in [5.41, 5.74) is 0.650. The van der Waals surface area contributed by atoms with Crippen molar-refractivity contribution < 1.29 is 24.4 Å². The van der Waals surface area contributed by atoms with Gasteiger partial charge in [0.15, 0.2) is 0 Å². The summed E-state index contributed by atoms with van der Waals surface area (Å²) in [6, 6.07) is 3.44. The predicted molar refractivity (Wildman–Crippen MR) is 90.7 cm³/mol. The molecular formula is C17H19N3O6. The van der Waals surface area contributed by atoms with Crippen LogP contribution in [0, 0.1) is 23.0 Å². The van der Waals surface area contributed by atoms with E-state index in [9.17, 15) is 24.5 Å².